The third-order valence-corrected chi connectivity index (χ3v) is 4.02. The molecule has 0 aliphatic heterocycles. The molecule has 1 N–H and O–H groups in total. The quantitative estimate of drug-likeness (QED) is 0.921. The van der Waals surface area contributed by atoms with E-state index in [2.05, 4.69) is 22.4 Å². The number of hydrogen-bond acceptors (Lipinski definition) is 3. The Morgan fingerprint density at radius 3 is 3.05 bits per heavy atom. The number of amides is 2. The fraction of sp³-hybridized carbons (Fsp3) is 0.500. The van der Waals surface area contributed by atoms with E-state index in [0.29, 0.717) is 18.5 Å². The van der Waals surface area contributed by atoms with Gasteiger partial charge in [0, 0.05) is 19.3 Å². The first-order valence-electron chi connectivity index (χ1n) is 6.96. The highest BCUT2D eigenvalue weighted by Crippen LogP contribution is 2.34. The average Bonchev–Trinajstić information content (AvgIpc) is 3.24. The Morgan fingerprint density at radius 2 is 2.30 bits per heavy atom. The van der Waals surface area contributed by atoms with Gasteiger partial charge in [-0.25, -0.2) is 4.79 Å². The van der Waals surface area contributed by atoms with E-state index in [9.17, 15) is 4.79 Å². The molecular weight excluding hydrogens is 254 g/mol. The van der Waals surface area contributed by atoms with Gasteiger partial charge in [0.1, 0.15) is 0 Å². The molecule has 2 aromatic heterocycles. The summed E-state index contributed by atoms with van der Waals surface area (Å²) >= 11 is 0. The fourth-order valence-electron chi connectivity index (χ4n) is 2.37. The smallest absolute Gasteiger partial charge is 0.317 e. The lowest BCUT2D eigenvalue weighted by molar-refractivity contribution is 0.187. The topological polar surface area (TPSA) is 62.5 Å². The number of nitrogens with one attached hydrogen (secondary N) is 1. The Hall–Kier alpha value is -2.11. The number of aromatic nitrogens is 3. The highest BCUT2D eigenvalue weighted by atomic mass is 16.2. The van der Waals surface area contributed by atoms with Crippen molar-refractivity contribution < 1.29 is 4.79 Å². The minimum Gasteiger partial charge on any atom is -0.331 e. The minimum atomic E-state index is -0.0583. The van der Waals surface area contributed by atoms with Gasteiger partial charge >= 0.3 is 6.03 Å². The summed E-state index contributed by atoms with van der Waals surface area (Å²) in [7, 11) is 1.85. The first kappa shape index (κ1) is 12.9. The largest absolute Gasteiger partial charge is 0.331 e. The molecule has 2 amide bonds. The summed E-state index contributed by atoms with van der Waals surface area (Å²) in [6, 6.07) is 5.96. The number of rotatable bonds is 4. The molecule has 0 aromatic carbocycles. The molecule has 20 heavy (non-hydrogen) atoms. The molecule has 106 valence electrons. The average molecular weight is 273 g/mol. The minimum absolute atomic E-state index is 0.0583. The van der Waals surface area contributed by atoms with Crippen LogP contribution in [-0.4, -0.2) is 38.6 Å². The van der Waals surface area contributed by atoms with Crippen LogP contribution in [0, 0.1) is 5.92 Å². The van der Waals surface area contributed by atoms with Crippen LogP contribution in [-0.2, 0) is 6.54 Å². The second kappa shape index (κ2) is 5.11. The first-order chi connectivity index (χ1) is 9.66. The van der Waals surface area contributed by atoms with Gasteiger partial charge in [0.2, 0.25) is 0 Å². The molecule has 1 aliphatic rings. The van der Waals surface area contributed by atoms with Crippen LogP contribution in [0.25, 0.3) is 5.65 Å². The van der Waals surface area contributed by atoms with Crippen molar-refractivity contribution in [1.82, 2.24) is 24.8 Å². The molecule has 1 unspecified atom stereocenters. The number of urea groups is 1. The van der Waals surface area contributed by atoms with Crippen LogP contribution < -0.4 is 5.32 Å². The Morgan fingerprint density at radius 1 is 1.50 bits per heavy atom. The third kappa shape index (κ3) is 2.45. The van der Waals surface area contributed by atoms with Crippen LogP contribution in [0.15, 0.2) is 24.4 Å². The summed E-state index contributed by atoms with van der Waals surface area (Å²) in [5.74, 6) is 1.40. The molecule has 1 aliphatic carbocycles. The van der Waals surface area contributed by atoms with Crippen LogP contribution in [0.2, 0.25) is 0 Å². The molecule has 6 nitrogen and oxygen atoms in total. The van der Waals surface area contributed by atoms with Crippen LogP contribution in [0.4, 0.5) is 4.79 Å². The molecule has 2 aromatic rings. The van der Waals surface area contributed by atoms with E-state index in [-0.39, 0.29) is 6.03 Å². The molecule has 0 saturated heterocycles. The number of nitrogens with zero attached hydrogens (tertiary/aromatic N) is 4. The standard InChI is InChI=1S/C14H19N5O/c1-10(11-6-7-11)18(2)14(20)15-9-13-17-16-12-5-3-4-8-19(12)13/h3-5,8,10-11H,6-7,9H2,1-2H3,(H,15,20). The summed E-state index contributed by atoms with van der Waals surface area (Å²) in [5.41, 5.74) is 0.788. The van der Waals surface area contributed by atoms with Crippen LogP contribution >= 0.6 is 0 Å². The van der Waals surface area contributed by atoms with Gasteiger partial charge in [-0.15, -0.1) is 10.2 Å². The zero-order chi connectivity index (χ0) is 14.1. The van der Waals surface area contributed by atoms with Crippen molar-refractivity contribution in [2.24, 2.45) is 5.92 Å². The lowest BCUT2D eigenvalue weighted by atomic mass is 10.2. The Kier molecular flexibility index (Phi) is 3.30. The van der Waals surface area contributed by atoms with Crippen molar-refractivity contribution in [3.63, 3.8) is 0 Å². The monoisotopic (exact) mass is 273 g/mol. The van der Waals surface area contributed by atoms with E-state index in [1.54, 1.807) is 4.90 Å². The summed E-state index contributed by atoms with van der Waals surface area (Å²) in [4.78, 5) is 13.9. The predicted molar refractivity (Wildman–Crippen MR) is 75.2 cm³/mol. The van der Waals surface area contributed by atoms with Crippen LogP contribution in [0.5, 0.6) is 0 Å². The number of fused-ring (bicyclic) bond motifs is 1. The molecule has 1 atom stereocenters. The first-order valence-corrected chi connectivity index (χ1v) is 6.96. The zero-order valence-corrected chi connectivity index (χ0v) is 11.8. The summed E-state index contributed by atoms with van der Waals surface area (Å²) in [5, 5.41) is 11.1. The van der Waals surface area contributed by atoms with Gasteiger partial charge < -0.3 is 10.2 Å². The van der Waals surface area contributed by atoms with E-state index >= 15 is 0 Å². The van der Waals surface area contributed by atoms with E-state index in [0.717, 1.165) is 11.5 Å². The lowest BCUT2D eigenvalue weighted by Gasteiger charge is -2.24. The Bertz CT molecular complexity index is 619. The van der Waals surface area contributed by atoms with Gasteiger partial charge in [-0.2, -0.15) is 0 Å². The predicted octanol–water partition coefficient (Wildman–Crippen LogP) is 1.67. The maximum Gasteiger partial charge on any atom is 0.317 e. The molecule has 0 bridgehead atoms. The fourth-order valence-corrected chi connectivity index (χ4v) is 2.37. The van der Waals surface area contributed by atoms with Crippen molar-refractivity contribution in [3.05, 3.63) is 30.2 Å². The van der Waals surface area contributed by atoms with Crippen molar-refractivity contribution in [3.8, 4) is 0 Å². The van der Waals surface area contributed by atoms with E-state index < -0.39 is 0 Å². The molecule has 2 heterocycles. The van der Waals surface area contributed by atoms with Crippen molar-refractivity contribution >= 4 is 11.7 Å². The van der Waals surface area contributed by atoms with Crippen molar-refractivity contribution in [1.29, 1.82) is 0 Å². The summed E-state index contributed by atoms with van der Waals surface area (Å²) < 4.78 is 1.88. The number of carbonyl (C=O) groups is 1. The molecule has 0 radical (unpaired) electrons. The normalized spacial score (nSPS) is 16.1. The van der Waals surface area contributed by atoms with Gasteiger partial charge in [0.15, 0.2) is 11.5 Å². The zero-order valence-electron chi connectivity index (χ0n) is 11.8. The number of pyridine rings is 1. The Balaban J connectivity index is 1.62. The highest BCUT2D eigenvalue weighted by Gasteiger charge is 2.32. The molecule has 3 rings (SSSR count). The van der Waals surface area contributed by atoms with Crippen molar-refractivity contribution in [2.75, 3.05) is 7.05 Å². The molecule has 6 heteroatoms. The third-order valence-electron chi connectivity index (χ3n) is 4.02. The van der Waals surface area contributed by atoms with Gasteiger partial charge in [0.25, 0.3) is 0 Å². The van der Waals surface area contributed by atoms with Gasteiger partial charge in [0.05, 0.1) is 6.54 Å². The van der Waals surface area contributed by atoms with Gasteiger partial charge in [-0.1, -0.05) is 6.07 Å². The van der Waals surface area contributed by atoms with Crippen LogP contribution in [0.3, 0.4) is 0 Å². The van der Waals surface area contributed by atoms with Crippen molar-refractivity contribution in [2.45, 2.75) is 32.4 Å². The second-order valence-electron chi connectivity index (χ2n) is 5.39. The summed E-state index contributed by atoms with van der Waals surface area (Å²) in [6.07, 6.45) is 4.36. The molecule has 1 fully saturated rings. The molecular formula is C14H19N5O. The molecule has 1 saturated carbocycles. The van der Waals surface area contributed by atoms with E-state index in [1.165, 1.54) is 12.8 Å². The molecule has 0 spiro atoms. The van der Waals surface area contributed by atoms with E-state index in [1.807, 2.05) is 35.8 Å². The lowest BCUT2D eigenvalue weighted by Crippen LogP contribution is -2.43. The maximum atomic E-state index is 12.1. The number of hydrogen-bond donors (Lipinski definition) is 1. The second-order valence-corrected chi connectivity index (χ2v) is 5.39. The summed E-state index contributed by atoms with van der Waals surface area (Å²) in [6.45, 7) is 2.48. The van der Waals surface area contributed by atoms with Gasteiger partial charge in [-0.3, -0.25) is 4.40 Å². The Labute approximate surface area is 117 Å². The van der Waals surface area contributed by atoms with Gasteiger partial charge in [-0.05, 0) is 37.8 Å². The van der Waals surface area contributed by atoms with E-state index in [4.69, 9.17) is 0 Å². The SMILES string of the molecule is CC(C1CC1)N(C)C(=O)NCc1nnc2ccccn12. The highest BCUT2D eigenvalue weighted by molar-refractivity contribution is 5.74. The number of carbonyl (C=O) groups excluding carboxylic acids is 1. The van der Waals surface area contributed by atoms with Crippen LogP contribution in [0.1, 0.15) is 25.6 Å². The maximum absolute atomic E-state index is 12.1.